The number of carbonyl (C=O) groups is 2. The van der Waals surface area contributed by atoms with Crippen molar-refractivity contribution in [3.8, 4) is 0 Å². The van der Waals surface area contributed by atoms with Gasteiger partial charge in [-0.25, -0.2) is 9.18 Å². The summed E-state index contributed by atoms with van der Waals surface area (Å²) < 4.78 is 18.0. The molecule has 3 N–H and O–H groups in total. The van der Waals surface area contributed by atoms with E-state index in [0.717, 1.165) is 12.1 Å². The summed E-state index contributed by atoms with van der Waals surface area (Å²) in [6.45, 7) is 1.44. The highest BCUT2D eigenvalue weighted by molar-refractivity contribution is 5.99. The number of nitrogens with two attached hydrogens (primary N) is 1. The Bertz CT molecular complexity index is 689. The van der Waals surface area contributed by atoms with Gasteiger partial charge < -0.3 is 15.8 Å². The van der Waals surface area contributed by atoms with Gasteiger partial charge in [-0.3, -0.25) is 4.79 Å². The van der Waals surface area contributed by atoms with Crippen molar-refractivity contribution in [2.24, 2.45) is 0 Å². The van der Waals surface area contributed by atoms with E-state index in [1.807, 2.05) is 6.07 Å². The van der Waals surface area contributed by atoms with Crippen LogP contribution in [0.4, 0.5) is 15.8 Å². The van der Waals surface area contributed by atoms with Crippen molar-refractivity contribution in [1.29, 1.82) is 0 Å². The SMILES string of the molecule is C[C@@H](OC(=O)c1ccc(F)cc1N)C(=O)Nc1ccccc1. The predicted molar refractivity (Wildman–Crippen MR) is 80.8 cm³/mol. The predicted octanol–water partition coefficient (Wildman–Crippen LogP) is 2.59. The highest BCUT2D eigenvalue weighted by Gasteiger charge is 2.20. The van der Waals surface area contributed by atoms with E-state index < -0.39 is 23.8 Å². The fourth-order valence-electron chi connectivity index (χ4n) is 1.76. The second kappa shape index (κ2) is 6.71. The molecule has 5 nitrogen and oxygen atoms in total. The molecule has 0 saturated heterocycles. The van der Waals surface area contributed by atoms with Gasteiger partial charge in [0.15, 0.2) is 6.10 Å². The van der Waals surface area contributed by atoms with Crippen molar-refractivity contribution >= 4 is 23.3 Å². The number of para-hydroxylation sites is 1. The lowest BCUT2D eigenvalue weighted by molar-refractivity contribution is -0.123. The number of nitrogens with one attached hydrogen (secondary N) is 1. The zero-order valence-corrected chi connectivity index (χ0v) is 11.9. The van der Waals surface area contributed by atoms with Crippen LogP contribution in [-0.4, -0.2) is 18.0 Å². The fraction of sp³-hybridized carbons (Fsp3) is 0.125. The second-order valence-corrected chi connectivity index (χ2v) is 4.63. The average molecular weight is 302 g/mol. The average Bonchev–Trinajstić information content (AvgIpc) is 2.47. The van der Waals surface area contributed by atoms with E-state index in [2.05, 4.69) is 5.32 Å². The number of halogens is 1. The highest BCUT2D eigenvalue weighted by atomic mass is 19.1. The van der Waals surface area contributed by atoms with Crippen LogP contribution < -0.4 is 11.1 Å². The highest BCUT2D eigenvalue weighted by Crippen LogP contribution is 2.16. The topological polar surface area (TPSA) is 81.4 Å². The number of amides is 1. The number of ether oxygens (including phenoxy) is 1. The van der Waals surface area contributed by atoms with Crippen LogP contribution in [0.1, 0.15) is 17.3 Å². The standard InChI is InChI=1S/C16H15FN2O3/c1-10(15(20)19-12-5-3-2-4-6-12)22-16(21)13-8-7-11(17)9-14(13)18/h2-10H,18H2,1H3,(H,19,20)/t10-/m1/s1. The first kappa shape index (κ1) is 15.5. The molecule has 0 bridgehead atoms. The number of carbonyl (C=O) groups excluding carboxylic acids is 2. The molecular weight excluding hydrogens is 287 g/mol. The molecule has 0 aliphatic heterocycles. The lowest BCUT2D eigenvalue weighted by atomic mass is 10.2. The molecule has 0 spiro atoms. The smallest absolute Gasteiger partial charge is 0.341 e. The van der Waals surface area contributed by atoms with Crippen LogP contribution in [-0.2, 0) is 9.53 Å². The Labute approximate surface area is 126 Å². The summed E-state index contributed by atoms with van der Waals surface area (Å²) in [6.07, 6.45) is -1.02. The zero-order valence-electron chi connectivity index (χ0n) is 11.9. The summed E-state index contributed by atoms with van der Waals surface area (Å²) >= 11 is 0. The summed E-state index contributed by atoms with van der Waals surface area (Å²) in [5.41, 5.74) is 6.12. The van der Waals surface area contributed by atoms with Gasteiger partial charge in [0, 0.05) is 11.4 Å². The maximum atomic E-state index is 12.9. The van der Waals surface area contributed by atoms with Gasteiger partial charge >= 0.3 is 5.97 Å². The van der Waals surface area contributed by atoms with Gasteiger partial charge in [0.2, 0.25) is 0 Å². The summed E-state index contributed by atoms with van der Waals surface area (Å²) in [6, 6.07) is 12.1. The Hall–Kier alpha value is -2.89. The molecule has 114 valence electrons. The van der Waals surface area contributed by atoms with E-state index in [0.29, 0.717) is 5.69 Å². The van der Waals surface area contributed by atoms with Gasteiger partial charge in [-0.05, 0) is 37.3 Å². The molecule has 2 aromatic carbocycles. The van der Waals surface area contributed by atoms with E-state index in [1.54, 1.807) is 24.3 Å². The second-order valence-electron chi connectivity index (χ2n) is 4.63. The van der Waals surface area contributed by atoms with Gasteiger partial charge in [-0.2, -0.15) is 0 Å². The van der Waals surface area contributed by atoms with Crippen molar-refractivity contribution in [2.45, 2.75) is 13.0 Å². The lowest BCUT2D eigenvalue weighted by Gasteiger charge is -2.14. The number of benzene rings is 2. The largest absolute Gasteiger partial charge is 0.449 e. The molecule has 0 saturated carbocycles. The van der Waals surface area contributed by atoms with Crippen molar-refractivity contribution in [3.05, 3.63) is 59.9 Å². The molecule has 0 aliphatic rings. The third kappa shape index (κ3) is 3.82. The zero-order chi connectivity index (χ0) is 16.1. The normalized spacial score (nSPS) is 11.5. The minimum atomic E-state index is -1.02. The van der Waals surface area contributed by atoms with Crippen LogP contribution in [0.3, 0.4) is 0 Å². The molecule has 0 aliphatic carbocycles. The summed E-state index contributed by atoms with van der Waals surface area (Å²) in [5, 5.41) is 2.61. The third-order valence-corrected chi connectivity index (χ3v) is 2.93. The molecular formula is C16H15FN2O3. The number of nitrogen functional groups attached to an aromatic ring is 1. The number of hydrogen-bond donors (Lipinski definition) is 2. The molecule has 0 radical (unpaired) electrons. The van der Waals surface area contributed by atoms with Gasteiger partial charge in [-0.1, -0.05) is 18.2 Å². The Morgan fingerprint density at radius 1 is 1.18 bits per heavy atom. The van der Waals surface area contributed by atoms with Crippen LogP contribution in [0.2, 0.25) is 0 Å². The van der Waals surface area contributed by atoms with Crippen LogP contribution >= 0.6 is 0 Å². The quantitative estimate of drug-likeness (QED) is 0.672. The molecule has 0 aromatic heterocycles. The number of hydrogen-bond acceptors (Lipinski definition) is 4. The Kier molecular flexibility index (Phi) is 4.73. The molecule has 6 heteroatoms. The van der Waals surface area contributed by atoms with E-state index >= 15 is 0 Å². The minimum absolute atomic E-state index is 0.0146. The van der Waals surface area contributed by atoms with Crippen LogP contribution in [0, 0.1) is 5.82 Å². The first-order chi connectivity index (χ1) is 10.5. The third-order valence-electron chi connectivity index (χ3n) is 2.93. The molecule has 1 atom stereocenters. The van der Waals surface area contributed by atoms with Gasteiger partial charge in [0.05, 0.1) is 5.56 Å². The van der Waals surface area contributed by atoms with E-state index in [4.69, 9.17) is 10.5 Å². The Morgan fingerprint density at radius 2 is 1.86 bits per heavy atom. The fourth-order valence-corrected chi connectivity index (χ4v) is 1.76. The van der Waals surface area contributed by atoms with Gasteiger partial charge in [-0.15, -0.1) is 0 Å². The molecule has 1 amide bonds. The van der Waals surface area contributed by atoms with Crippen molar-refractivity contribution < 1.29 is 18.7 Å². The van der Waals surface area contributed by atoms with Crippen molar-refractivity contribution in [3.63, 3.8) is 0 Å². The van der Waals surface area contributed by atoms with Gasteiger partial charge in [0.25, 0.3) is 5.91 Å². The van der Waals surface area contributed by atoms with E-state index in [1.165, 1.54) is 13.0 Å². The Balaban J connectivity index is 2.00. The first-order valence-electron chi connectivity index (χ1n) is 6.59. The molecule has 2 aromatic rings. The molecule has 0 unspecified atom stereocenters. The van der Waals surface area contributed by atoms with Crippen LogP contribution in [0.25, 0.3) is 0 Å². The monoisotopic (exact) mass is 302 g/mol. The van der Waals surface area contributed by atoms with Crippen molar-refractivity contribution in [1.82, 2.24) is 0 Å². The maximum absolute atomic E-state index is 12.9. The summed E-state index contributed by atoms with van der Waals surface area (Å²) in [4.78, 5) is 23.9. The summed E-state index contributed by atoms with van der Waals surface area (Å²) in [5.74, 6) is -1.81. The van der Waals surface area contributed by atoms with Crippen LogP contribution in [0.15, 0.2) is 48.5 Å². The van der Waals surface area contributed by atoms with Gasteiger partial charge in [0.1, 0.15) is 5.82 Å². The first-order valence-corrected chi connectivity index (χ1v) is 6.59. The van der Waals surface area contributed by atoms with E-state index in [9.17, 15) is 14.0 Å². The number of rotatable bonds is 4. The maximum Gasteiger partial charge on any atom is 0.341 e. The molecule has 0 fully saturated rings. The Morgan fingerprint density at radius 3 is 2.50 bits per heavy atom. The summed E-state index contributed by atoms with van der Waals surface area (Å²) in [7, 11) is 0. The lowest BCUT2D eigenvalue weighted by Crippen LogP contribution is -2.30. The minimum Gasteiger partial charge on any atom is -0.449 e. The molecule has 2 rings (SSSR count). The molecule has 0 heterocycles. The number of esters is 1. The molecule has 22 heavy (non-hydrogen) atoms. The van der Waals surface area contributed by atoms with Crippen molar-refractivity contribution in [2.75, 3.05) is 11.1 Å². The van der Waals surface area contributed by atoms with Crippen LogP contribution in [0.5, 0.6) is 0 Å². The van der Waals surface area contributed by atoms with E-state index in [-0.39, 0.29) is 11.3 Å². The number of anilines is 2.